The Bertz CT molecular complexity index is 769. The Kier molecular flexibility index (Phi) is 4.02. The number of fused-ring (bicyclic) bond motifs is 1. The van der Waals surface area contributed by atoms with E-state index in [1.807, 2.05) is 0 Å². The van der Waals surface area contributed by atoms with E-state index >= 15 is 0 Å². The summed E-state index contributed by atoms with van der Waals surface area (Å²) in [6.07, 6.45) is 0.315. The number of Topliss-reactive ketones (excluding diaryl/α,β-unsaturated/α-hetero) is 1. The largest absolute Gasteiger partial charge is 0.497 e. The molecule has 118 valence electrons. The van der Waals surface area contributed by atoms with Gasteiger partial charge in [-0.05, 0) is 30.3 Å². The number of hydrogen-bond donors (Lipinski definition) is 0. The number of benzene rings is 2. The number of hydrogen-bond acceptors (Lipinski definition) is 4. The first-order chi connectivity index (χ1) is 11.1. The van der Waals surface area contributed by atoms with Crippen molar-refractivity contribution < 1.29 is 19.1 Å². The molecule has 0 spiro atoms. The standard InChI is InChI=1S/C18H17NO4/c1-22-13-5-3-4-12(10-13)18(21)19-9-8-17(20)15-7-6-14(23-2)11-16(15)19/h3-7,10-11H,8-9H2,1-2H3. The summed E-state index contributed by atoms with van der Waals surface area (Å²) in [7, 11) is 3.11. The summed E-state index contributed by atoms with van der Waals surface area (Å²) in [5, 5.41) is 0. The predicted octanol–water partition coefficient (Wildman–Crippen LogP) is 2.94. The van der Waals surface area contributed by atoms with Crippen LogP contribution in [0.1, 0.15) is 27.1 Å². The molecule has 1 heterocycles. The molecule has 2 aromatic carbocycles. The molecule has 0 atom stereocenters. The van der Waals surface area contributed by atoms with Crippen molar-refractivity contribution in [3.8, 4) is 11.5 Å². The topological polar surface area (TPSA) is 55.8 Å². The summed E-state index contributed by atoms with van der Waals surface area (Å²) in [4.78, 5) is 26.6. The van der Waals surface area contributed by atoms with Crippen LogP contribution in [-0.4, -0.2) is 32.5 Å². The van der Waals surface area contributed by atoms with Crippen LogP contribution < -0.4 is 14.4 Å². The minimum absolute atomic E-state index is 0.0392. The van der Waals surface area contributed by atoms with Crippen molar-refractivity contribution in [2.75, 3.05) is 25.7 Å². The van der Waals surface area contributed by atoms with Gasteiger partial charge >= 0.3 is 0 Å². The lowest BCUT2D eigenvalue weighted by molar-refractivity contribution is 0.0955. The molecule has 0 bridgehead atoms. The molecule has 2 aromatic rings. The molecule has 0 N–H and O–H groups in total. The van der Waals surface area contributed by atoms with E-state index in [0.29, 0.717) is 41.3 Å². The van der Waals surface area contributed by atoms with Gasteiger partial charge in [-0.1, -0.05) is 6.07 Å². The van der Waals surface area contributed by atoms with Crippen LogP contribution in [0.4, 0.5) is 5.69 Å². The molecule has 0 radical (unpaired) electrons. The maximum atomic E-state index is 12.9. The van der Waals surface area contributed by atoms with Crippen LogP contribution in [0.15, 0.2) is 42.5 Å². The molecule has 0 saturated carbocycles. The zero-order chi connectivity index (χ0) is 16.4. The predicted molar refractivity (Wildman–Crippen MR) is 86.6 cm³/mol. The monoisotopic (exact) mass is 311 g/mol. The molecule has 0 aromatic heterocycles. The van der Waals surface area contributed by atoms with Gasteiger partial charge in [0.05, 0.1) is 19.9 Å². The van der Waals surface area contributed by atoms with Crippen LogP contribution in [0, 0.1) is 0 Å². The first-order valence-corrected chi connectivity index (χ1v) is 7.31. The summed E-state index contributed by atoms with van der Waals surface area (Å²) in [6, 6.07) is 12.2. The summed E-state index contributed by atoms with van der Waals surface area (Å²) >= 11 is 0. The van der Waals surface area contributed by atoms with Crippen molar-refractivity contribution in [2.45, 2.75) is 6.42 Å². The van der Waals surface area contributed by atoms with Gasteiger partial charge in [-0.3, -0.25) is 9.59 Å². The van der Waals surface area contributed by atoms with Gasteiger partial charge in [0.25, 0.3) is 5.91 Å². The third-order valence-electron chi connectivity index (χ3n) is 3.92. The smallest absolute Gasteiger partial charge is 0.258 e. The first-order valence-electron chi connectivity index (χ1n) is 7.31. The third-order valence-corrected chi connectivity index (χ3v) is 3.92. The fourth-order valence-corrected chi connectivity index (χ4v) is 2.69. The number of rotatable bonds is 3. The van der Waals surface area contributed by atoms with Gasteiger partial charge in [0, 0.05) is 30.2 Å². The molecule has 1 aliphatic heterocycles. The van der Waals surface area contributed by atoms with Gasteiger partial charge in [0.1, 0.15) is 11.5 Å². The van der Waals surface area contributed by atoms with Crippen LogP contribution in [0.3, 0.4) is 0 Å². The van der Waals surface area contributed by atoms with Crippen LogP contribution in [0.2, 0.25) is 0 Å². The van der Waals surface area contributed by atoms with Crippen molar-refractivity contribution in [1.29, 1.82) is 0 Å². The number of anilines is 1. The lowest BCUT2D eigenvalue weighted by Crippen LogP contribution is -2.37. The summed E-state index contributed by atoms with van der Waals surface area (Å²) in [5.74, 6) is 1.11. The first kappa shape index (κ1) is 15.1. The van der Waals surface area contributed by atoms with E-state index in [-0.39, 0.29) is 11.7 Å². The molecular weight excluding hydrogens is 294 g/mol. The Morgan fingerprint density at radius 2 is 1.78 bits per heavy atom. The molecule has 0 aliphatic carbocycles. The molecule has 1 amide bonds. The zero-order valence-corrected chi connectivity index (χ0v) is 13.0. The van der Waals surface area contributed by atoms with E-state index in [1.54, 1.807) is 61.6 Å². The molecule has 5 heteroatoms. The quantitative estimate of drug-likeness (QED) is 0.874. The molecule has 23 heavy (non-hydrogen) atoms. The highest BCUT2D eigenvalue weighted by molar-refractivity contribution is 6.13. The average molecular weight is 311 g/mol. The van der Waals surface area contributed by atoms with E-state index in [9.17, 15) is 9.59 Å². The van der Waals surface area contributed by atoms with Gasteiger partial charge in [-0.2, -0.15) is 0 Å². The minimum Gasteiger partial charge on any atom is -0.497 e. The molecule has 3 rings (SSSR count). The van der Waals surface area contributed by atoms with E-state index in [1.165, 1.54) is 0 Å². The van der Waals surface area contributed by atoms with E-state index < -0.39 is 0 Å². The molecule has 0 fully saturated rings. The highest BCUT2D eigenvalue weighted by atomic mass is 16.5. The van der Waals surface area contributed by atoms with E-state index in [0.717, 1.165) is 0 Å². The fraction of sp³-hybridized carbons (Fsp3) is 0.222. The molecule has 0 unspecified atom stereocenters. The number of carbonyl (C=O) groups excluding carboxylic acids is 2. The van der Waals surface area contributed by atoms with Crippen molar-refractivity contribution in [2.24, 2.45) is 0 Å². The number of ketones is 1. The Morgan fingerprint density at radius 3 is 2.52 bits per heavy atom. The van der Waals surface area contributed by atoms with Crippen LogP contribution in [0.5, 0.6) is 11.5 Å². The zero-order valence-electron chi connectivity index (χ0n) is 13.0. The van der Waals surface area contributed by atoms with Crippen LogP contribution in [0.25, 0.3) is 0 Å². The third kappa shape index (κ3) is 2.77. The summed E-state index contributed by atoms with van der Waals surface area (Å²) in [5.41, 5.74) is 1.66. The second-order valence-corrected chi connectivity index (χ2v) is 5.25. The van der Waals surface area contributed by atoms with Gasteiger partial charge in [0.15, 0.2) is 5.78 Å². The average Bonchev–Trinajstić information content (AvgIpc) is 2.61. The van der Waals surface area contributed by atoms with Gasteiger partial charge in [0.2, 0.25) is 0 Å². The maximum Gasteiger partial charge on any atom is 0.258 e. The Labute approximate surface area is 134 Å². The lowest BCUT2D eigenvalue weighted by atomic mass is 9.99. The molecule has 0 saturated heterocycles. The lowest BCUT2D eigenvalue weighted by Gasteiger charge is -2.29. The second kappa shape index (κ2) is 6.12. The van der Waals surface area contributed by atoms with Crippen molar-refractivity contribution in [3.63, 3.8) is 0 Å². The van der Waals surface area contributed by atoms with Crippen molar-refractivity contribution in [1.82, 2.24) is 0 Å². The SMILES string of the molecule is COc1cccc(C(=O)N2CCC(=O)c3ccc(OC)cc32)c1. The van der Waals surface area contributed by atoms with Crippen molar-refractivity contribution in [3.05, 3.63) is 53.6 Å². The number of methoxy groups -OCH3 is 2. The molecule has 1 aliphatic rings. The highest BCUT2D eigenvalue weighted by Crippen LogP contribution is 2.32. The summed E-state index contributed by atoms with van der Waals surface area (Å²) < 4.78 is 10.4. The normalized spacial score (nSPS) is 13.5. The van der Waals surface area contributed by atoms with E-state index in [4.69, 9.17) is 9.47 Å². The van der Waals surface area contributed by atoms with Crippen LogP contribution >= 0.6 is 0 Å². The second-order valence-electron chi connectivity index (χ2n) is 5.25. The van der Waals surface area contributed by atoms with Crippen LogP contribution in [-0.2, 0) is 0 Å². The van der Waals surface area contributed by atoms with Gasteiger partial charge in [-0.15, -0.1) is 0 Å². The minimum atomic E-state index is -0.161. The fourth-order valence-electron chi connectivity index (χ4n) is 2.69. The van der Waals surface area contributed by atoms with E-state index in [2.05, 4.69) is 0 Å². The Balaban J connectivity index is 2.02. The Morgan fingerprint density at radius 1 is 1.04 bits per heavy atom. The van der Waals surface area contributed by atoms with Gasteiger partial charge < -0.3 is 14.4 Å². The number of nitrogens with zero attached hydrogens (tertiary/aromatic N) is 1. The maximum absolute atomic E-state index is 12.9. The van der Waals surface area contributed by atoms with Crippen molar-refractivity contribution >= 4 is 17.4 Å². The molecule has 5 nitrogen and oxygen atoms in total. The van der Waals surface area contributed by atoms with Gasteiger partial charge in [-0.25, -0.2) is 0 Å². The molecular formula is C18H17NO4. The number of ether oxygens (including phenoxy) is 2. The summed E-state index contributed by atoms with van der Waals surface area (Å²) in [6.45, 7) is 0.356. The number of carbonyl (C=O) groups is 2. The number of amides is 1. The highest BCUT2D eigenvalue weighted by Gasteiger charge is 2.28. The Hall–Kier alpha value is -2.82.